The molecule has 0 radical (unpaired) electrons. The SMILES string of the molecule is CC(=O)Cc1coc(Cc2ccccc2Cl)n1. The maximum Gasteiger partial charge on any atom is 0.198 e. The highest BCUT2D eigenvalue weighted by molar-refractivity contribution is 6.31. The Kier molecular flexibility index (Phi) is 3.59. The van der Waals surface area contributed by atoms with E-state index < -0.39 is 0 Å². The van der Waals surface area contributed by atoms with Crippen molar-refractivity contribution >= 4 is 17.4 Å². The van der Waals surface area contributed by atoms with Crippen molar-refractivity contribution < 1.29 is 9.21 Å². The molecule has 1 heterocycles. The van der Waals surface area contributed by atoms with E-state index in [-0.39, 0.29) is 5.78 Å². The van der Waals surface area contributed by atoms with Crippen LogP contribution < -0.4 is 0 Å². The molecule has 0 amide bonds. The average molecular weight is 250 g/mol. The molecule has 0 unspecified atom stereocenters. The predicted molar refractivity (Wildman–Crippen MR) is 65.1 cm³/mol. The fourth-order valence-corrected chi connectivity index (χ4v) is 1.77. The van der Waals surface area contributed by atoms with Crippen molar-refractivity contribution in [3.05, 3.63) is 52.7 Å². The molecule has 2 rings (SSSR count). The Balaban J connectivity index is 2.12. The highest BCUT2D eigenvalue weighted by atomic mass is 35.5. The first kappa shape index (κ1) is 11.9. The van der Waals surface area contributed by atoms with Crippen LogP contribution in [-0.4, -0.2) is 10.8 Å². The number of nitrogens with zero attached hydrogens (tertiary/aromatic N) is 1. The molecule has 88 valence electrons. The van der Waals surface area contributed by atoms with Gasteiger partial charge in [-0.25, -0.2) is 4.98 Å². The molecule has 0 fully saturated rings. The molecule has 3 nitrogen and oxygen atoms in total. The summed E-state index contributed by atoms with van der Waals surface area (Å²) in [5, 5.41) is 0.693. The zero-order valence-corrected chi connectivity index (χ0v) is 10.2. The molecule has 4 heteroatoms. The molecule has 0 spiro atoms. The minimum absolute atomic E-state index is 0.0718. The second kappa shape index (κ2) is 5.15. The zero-order valence-electron chi connectivity index (χ0n) is 9.44. The van der Waals surface area contributed by atoms with E-state index in [0.717, 1.165) is 5.56 Å². The largest absolute Gasteiger partial charge is 0.448 e. The van der Waals surface area contributed by atoms with Crippen LogP contribution in [0.2, 0.25) is 5.02 Å². The van der Waals surface area contributed by atoms with Gasteiger partial charge in [0.25, 0.3) is 0 Å². The number of carbonyl (C=O) groups is 1. The number of halogens is 1. The first-order valence-corrected chi connectivity index (χ1v) is 5.69. The van der Waals surface area contributed by atoms with Crippen LogP contribution in [0, 0.1) is 0 Å². The summed E-state index contributed by atoms with van der Waals surface area (Å²) in [5.41, 5.74) is 1.63. The van der Waals surface area contributed by atoms with Crippen LogP contribution in [0.25, 0.3) is 0 Å². The molecule has 1 aromatic heterocycles. The quantitative estimate of drug-likeness (QED) is 0.836. The fourth-order valence-electron chi connectivity index (χ4n) is 1.57. The minimum Gasteiger partial charge on any atom is -0.448 e. The Hall–Kier alpha value is -1.61. The van der Waals surface area contributed by atoms with Crippen LogP contribution in [0.3, 0.4) is 0 Å². The van der Waals surface area contributed by atoms with E-state index in [0.29, 0.717) is 29.4 Å². The van der Waals surface area contributed by atoms with Crippen LogP contribution in [0.15, 0.2) is 34.9 Å². The summed E-state index contributed by atoms with van der Waals surface area (Å²) < 4.78 is 5.30. The molecule has 2 aromatic rings. The van der Waals surface area contributed by atoms with Crippen molar-refractivity contribution in [1.82, 2.24) is 4.98 Å². The maximum atomic E-state index is 10.9. The maximum absolute atomic E-state index is 10.9. The van der Waals surface area contributed by atoms with E-state index in [4.69, 9.17) is 16.0 Å². The Morgan fingerprint density at radius 2 is 2.18 bits per heavy atom. The summed E-state index contributed by atoms with van der Waals surface area (Å²) in [5.74, 6) is 0.650. The van der Waals surface area contributed by atoms with Gasteiger partial charge in [0.05, 0.1) is 18.5 Å². The Morgan fingerprint density at radius 3 is 2.88 bits per heavy atom. The number of ketones is 1. The number of hydrogen-bond acceptors (Lipinski definition) is 3. The predicted octanol–water partition coefficient (Wildman–Crippen LogP) is 3.05. The molecule has 0 aliphatic carbocycles. The van der Waals surface area contributed by atoms with Gasteiger partial charge in [-0.15, -0.1) is 0 Å². The van der Waals surface area contributed by atoms with Gasteiger partial charge in [-0.1, -0.05) is 29.8 Å². The zero-order chi connectivity index (χ0) is 12.3. The average Bonchev–Trinajstić information content (AvgIpc) is 2.68. The Labute approximate surface area is 104 Å². The van der Waals surface area contributed by atoms with Gasteiger partial charge >= 0.3 is 0 Å². The third-order valence-corrected chi connectivity index (χ3v) is 2.70. The van der Waals surface area contributed by atoms with Crippen LogP contribution in [0.1, 0.15) is 24.1 Å². The van der Waals surface area contributed by atoms with Crippen molar-refractivity contribution in [2.75, 3.05) is 0 Å². The standard InChI is InChI=1S/C13H12ClNO2/c1-9(16)6-11-8-17-13(15-11)7-10-4-2-3-5-12(10)14/h2-5,8H,6-7H2,1H3. The molecule has 17 heavy (non-hydrogen) atoms. The van der Waals surface area contributed by atoms with Gasteiger partial charge in [0.2, 0.25) is 0 Å². The molecule has 1 aromatic carbocycles. The lowest BCUT2D eigenvalue weighted by Gasteiger charge is -1.99. The highest BCUT2D eigenvalue weighted by Crippen LogP contribution is 2.18. The highest BCUT2D eigenvalue weighted by Gasteiger charge is 2.08. The summed E-state index contributed by atoms with van der Waals surface area (Å²) >= 11 is 6.04. The summed E-state index contributed by atoms with van der Waals surface area (Å²) in [6.07, 6.45) is 2.37. The third-order valence-electron chi connectivity index (χ3n) is 2.33. The number of hydrogen-bond donors (Lipinski definition) is 0. The lowest BCUT2D eigenvalue weighted by molar-refractivity contribution is -0.116. The number of rotatable bonds is 4. The van der Waals surface area contributed by atoms with Gasteiger partial charge in [-0.05, 0) is 18.6 Å². The van der Waals surface area contributed by atoms with E-state index in [1.165, 1.54) is 13.2 Å². The fraction of sp³-hybridized carbons (Fsp3) is 0.231. The molecule has 0 N–H and O–H groups in total. The smallest absolute Gasteiger partial charge is 0.198 e. The number of oxazole rings is 1. The van der Waals surface area contributed by atoms with Crippen LogP contribution in [-0.2, 0) is 17.6 Å². The lowest BCUT2D eigenvalue weighted by Crippen LogP contribution is -1.97. The van der Waals surface area contributed by atoms with Crippen molar-refractivity contribution in [3.8, 4) is 0 Å². The van der Waals surface area contributed by atoms with Crippen molar-refractivity contribution in [1.29, 1.82) is 0 Å². The van der Waals surface area contributed by atoms with E-state index in [1.807, 2.05) is 24.3 Å². The first-order chi connectivity index (χ1) is 8.15. The van der Waals surface area contributed by atoms with E-state index >= 15 is 0 Å². The second-order valence-electron chi connectivity index (χ2n) is 3.88. The molecule has 0 atom stereocenters. The van der Waals surface area contributed by atoms with Crippen LogP contribution in [0.5, 0.6) is 0 Å². The Morgan fingerprint density at radius 1 is 1.41 bits per heavy atom. The molecular formula is C13H12ClNO2. The third kappa shape index (κ3) is 3.17. The normalized spacial score (nSPS) is 10.5. The van der Waals surface area contributed by atoms with Crippen molar-refractivity contribution in [2.45, 2.75) is 19.8 Å². The molecule has 0 bridgehead atoms. The topological polar surface area (TPSA) is 43.1 Å². The van der Waals surface area contributed by atoms with E-state index in [9.17, 15) is 4.79 Å². The number of carbonyl (C=O) groups excluding carboxylic acids is 1. The molecule has 0 saturated heterocycles. The minimum atomic E-state index is 0.0718. The van der Waals surface area contributed by atoms with Crippen LogP contribution >= 0.6 is 11.6 Å². The van der Waals surface area contributed by atoms with Crippen LogP contribution in [0.4, 0.5) is 0 Å². The van der Waals surface area contributed by atoms with Gasteiger partial charge in [-0.2, -0.15) is 0 Å². The Bertz CT molecular complexity index is 534. The number of aromatic nitrogens is 1. The summed E-state index contributed by atoms with van der Waals surface area (Å²) in [7, 11) is 0. The molecular weight excluding hydrogens is 238 g/mol. The lowest BCUT2D eigenvalue weighted by atomic mass is 10.1. The van der Waals surface area contributed by atoms with Gasteiger partial charge in [0, 0.05) is 5.02 Å². The number of Topliss-reactive ketones (excluding diaryl/α,β-unsaturated/α-hetero) is 1. The monoisotopic (exact) mass is 249 g/mol. The molecule has 0 aliphatic heterocycles. The van der Waals surface area contributed by atoms with Gasteiger partial charge < -0.3 is 4.42 Å². The van der Waals surface area contributed by atoms with Gasteiger partial charge in [0.1, 0.15) is 12.0 Å². The summed E-state index contributed by atoms with van der Waals surface area (Å²) in [6, 6.07) is 7.55. The number of benzene rings is 1. The van der Waals surface area contributed by atoms with Gasteiger partial charge in [0.15, 0.2) is 5.89 Å². The van der Waals surface area contributed by atoms with E-state index in [2.05, 4.69) is 4.98 Å². The second-order valence-corrected chi connectivity index (χ2v) is 4.29. The van der Waals surface area contributed by atoms with E-state index in [1.54, 1.807) is 0 Å². The first-order valence-electron chi connectivity index (χ1n) is 5.31. The molecule has 0 saturated carbocycles. The molecule has 0 aliphatic rings. The van der Waals surface area contributed by atoms with Gasteiger partial charge in [-0.3, -0.25) is 4.79 Å². The van der Waals surface area contributed by atoms with Crippen molar-refractivity contribution in [2.24, 2.45) is 0 Å². The van der Waals surface area contributed by atoms with Crippen molar-refractivity contribution in [3.63, 3.8) is 0 Å². The summed E-state index contributed by atoms with van der Waals surface area (Å²) in [4.78, 5) is 15.2. The summed E-state index contributed by atoms with van der Waals surface area (Å²) in [6.45, 7) is 1.53.